The van der Waals surface area contributed by atoms with Crippen molar-refractivity contribution in [3.8, 4) is 0 Å². The van der Waals surface area contributed by atoms with Crippen LogP contribution in [0.5, 0.6) is 0 Å². The molecule has 1 aromatic carbocycles. The van der Waals surface area contributed by atoms with E-state index < -0.39 is 5.82 Å². The van der Waals surface area contributed by atoms with E-state index in [0.717, 1.165) is 6.42 Å². The Kier molecular flexibility index (Phi) is 3.89. The normalized spacial score (nSPS) is 19.8. The summed E-state index contributed by atoms with van der Waals surface area (Å²) in [6.45, 7) is 1.16. The van der Waals surface area contributed by atoms with E-state index in [1.54, 1.807) is 4.90 Å². The lowest BCUT2D eigenvalue weighted by atomic mass is 10.2. The molecule has 17 heavy (non-hydrogen) atoms. The predicted molar refractivity (Wildman–Crippen MR) is 72.6 cm³/mol. The van der Waals surface area contributed by atoms with E-state index >= 15 is 0 Å². The molecular weight excluding hydrogens is 357 g/mol. The summed E-state index contributed by atoms with van der Waals surface area (Å²) in [6, 6.07) is 2.67. The van der Waals surface area contributed by atoms with Gasteiger partial charge in [-0.1, -0.05) is 11.6 Å². The highest BCUT2D eigenvalue weighted by Gasteiger charge is 2.26. The van der Waals surface area contributed by atoms with E-state index in [1.807, 2.05) is 22.6 Å². The maximum Gasteiger partial charge on any atom is 0.255 e. The maximum absolute atomic E-state index is 13.2. The van der Waals surface area contributed by atoms with Gasteiger partial charge in [0.05, 0.1) is 10.6 Å². The third-order valence-electron chi connectivity index (χ3n) is 2.75. The van der Waals surface area contributed by atoms with E-state index in [4.69, 9.17) is 17.3 Å². The first-order valence-corrected chi connectivity index (χ1v) is 6.64. The second-order valence-electron chi connectivity index (χ2n) is 4.05. The summed E-state index contributed by atoms with van der Waals surface area (Å²) in [5.74, 6) is -0.592. The molecule has 1 aliphatic heterocycles. The first-order valence-electron chi connectivity index (χ1n) is 5.18. The number of hydrogen-bond acceptors (Lipinski definition) is 2. The second-order valence-corrected chi connectivity index (χ2v) is 5.62. The van der Waals surface area contributed by atoms with Crippen LogP contribution in [-0.2, 0) is 0 Å². The van der Waals surface area contributed by atoms with Crippen LogP contribution in [0.4, 0.5) is 4.39 Å². The summed E-state index contributed by atoms with van der Waals surface area (Å²) >= 11 is 7.73. The summed E-state index contributed by atoms with van der Waals surface area (Å²) in [5.41, 5.74) is 6.08. The van der Waals surface area contributed by atoms with Crippen LogP contribution in [0.15, 0.2) is 12.1 Å². The number of amides is 1. The van der Waals surface area contributed by atoms with Crippen molar-refractivity contribution in [3.63, 3.8) is 0 Å². The zero-order valence-electron chi connectivity index (χ0n) is 8.92. The molecule has 2 N–H and O–H groups in total. The van der Waals surface area contributed by atoms with Gasteiger partial charge in [0, 0.05) is 22.7 Å². The number of halogens is 3. The van der Waals surface area contributed by atoms with Gasteiger partial charge in [-0.25, -0.2) is 4.39 Å². The fourth-order valence-electron chi connectivity index (χ4n) is 1.83. The van der Waals surface area contributed by atoms with Gasteiger partial charge in [-0.2, -0.15) is 0 Å². The highest BCUT2D eigenvalue weighted by atomic mass is 127. The highest BCUT2D eigenvalue weighted by molar-refractivity contribution is 14.1. The Morgan fingerprint density at radius 1 is 1.59 bits per heavy atom. The Labute approximate surface area is 117 Å². The zero-order chi connectivity index (χ0) is 12.6. The van der Waals surface area contributed by atoms with Gasteiger partial charge >= 0.3 is 0 Å². The topological polar surface area (TPSA) is 46.3 Å². The Bertz CT molecular complexity index is 469. The Hall–Kier alpha value is -0.400. The molecule has 3 nitrogen and oxygen atoms in total. The Morgan fingerprint density at radius 3 is 2.88 bits per heavy atom. The van der Waals surface area contributed by atoms with Crippen LogP contribution in [0.2, 0.25) is 5.02 Å². The number of nitrogens with two attached hydrogens (primary N) is 1. The summed E-state index contributed by atoms with van der Waals surface area (Å²) in [5, 5.41) is 0.147. The zero-order valence-corrected chi connectivity index (χ0v) is 11.8. The fourth-order valence-corrected chi connectivity index (χ4v) is 2.53. The van der Waals surface area contributed by atoms with E-state index in [2.05, 4.69) is 0 Å². The number of carbonyl (C=O) groups is 1. The van der Waals surface area contributed by atoms with Crippen LogP contribution in [0.25, 0.3) is 0 Å². The Morgan fingerprint density at radius 2 is 2.29 bits per heavy atom. The largest absolute Gasteiger partial charge is 0.337 e. The molecule has 1 saturated heterocycles. The van der Waals surface area contributed by atoms with Crippen LogP contribution in [0.1, 0.15) is 16.8 Å². The quantitative estimate of drug-likeness (QED) is 0.610. The molecule has 0 aromatic heterocycles. The molecule has 0 bridgehead atoms. The molecule has 0 saturated carbocycles. The van der Waals surface area contributed by atoms with Gasteiger partial charge in [0.15, 0.2) is 0 Å². The van der Waals surface area contributed by atoms with Gasteiger partial charge < -0.3 is 10.6 Å². The molecule has 0 aliphatic carbocycles. The average Bonchev–Trinajstić information content (AvgIpc) is 2.69. The van der Waals surface area contributed by atoms with Crippen molar-refractivity contribution in [2.24, 2.45) is 5.73 Å². The molecule has 1 heterocycles. The van der Waals surface area contributed by atoms with Gasteiger partial charge in [-0.15, -0.1) is 0 Å². The monoisotopic (exact) mass is 368 g/mol. The van der Waals surface area contributed by atoms with Crippen LogP contribution in [-0.4, -0.2) is 29.9 Å². The van der Waals surface area contributed by atoms with Gasteiger partial charge in [0.1, 0.15) is 5.82 Å². The van der Waals surface area contributed by atoms with Gasteiger partial charge in [-0.3, -0.25) is 4.79 Å². The van der Waals surface area contributed by atoms with Crippen LogP contribution in [0, 0.1) is 9.39 Å². The molecular formula is C11H11ClFIN2O. The van der Waals surface area contributed by atoms with Gasteiger partial charge in [0.2, 0.25) is 0 Å². The summed E-state index contributed by atoms with van der Waals surface area (Å²) in [7, 11) is 0. The first-order chi connectivity index (χ1) is 7.99. The van der Waals surface area contributed by atoms with E-state index in [9.17, 15) is 9.18 Å². The smallest absolute Gasteiger partial charge is 0.255 e. The number of hydrogen-bond donors (Lipinski definition) is 1. The standard InChI is InChI=1S/C11H11ClFIN2O/c12-8-4-9(13)10(14)3-7(8)11(17)16-2-1-6(15)5-16/h3-4,6H,1-2,5,15H2/t6-/m0/s1. The third-order valence-corrected chi connectivity index (χ3v) is 3.89. The fraction of sp³-hybridized carbons (Fsp3) is 0.364. The molecule has 1 fully saturated rings. The molecule has 2 rings (SSSR count). The molecule has 1 aromatic rings. The van der Waals surface area contributed by atoms with E-state index in [1.165, 1.54) is 12.1 Å². The molecule has 92 valence electrons. The molecule has 0 spiro atoms. The predicted octanol–water partition coefficient (Wildman–Crippen LogP) is 2.26. The minimum Gasteiger partial charge on any atom is -0.337 e. The number of nitrogens with zero attached hydrogens (tertiary/aromatic N) is 1. The average molecular weight is 369 g/mol. The minimum absolute atomic E-state index is 0.0252. The lowest BCUT2D eigenvalue weighted by Crippen LogP contribution is -2.32. The van der Waals surface area contributed by atoms with Crippen LogP contribution < -0.4 is 5.73 Å². The molecule has 1 amide bonds. The maximum atomic E-state index is 13.2. The summed E-state index contributed by atoms with van der Waals surface area (Å²) in [6.07, 6.45) is 0.793. The number of benzene rings is 1. The Balaban J connectivity index is 2.28. The second kappa shape index (κ2) is 5.07. The number of carbonyl (C=O) groups excluding carboxylic acids is 1. The third kappa shape index (κ3) is 2.71. The van der Waals surface area contributed by atoms with Crippen molar-refractivity contribution in [2.45, 2.75) is 12.5 Å². The molecule has 0 unspecified atom stereocenters. The van der Waals surface area contributed by atoms with Crippen molar-refractivity contribution in [1.82, 2.24) is 4.90 Å². The molecule has 1 atom stereocenters. The molecule has 6 heteroatoms. The van der Waals surface area contributed by atoms with E-state index in [0.29, 0.717) is 22.2 Å². The van der Waals surface area contributed by atoms with Crippen molar-refractivity contribution >= 4 is 40.1 Å². The van der Waals surface area contributed by atoms with Gasteiger partial charge in [0.25, 0.3) is 5.91 Å². The lowest BCUT2D eigenvalue weighted by Gasteiger charge is -2.16. The number of rotatable bonds is 1. The van der Waals surface area contributed by atoms with Crippen molar-refractivity contribution in [1.29, 1.82) is 0 Å². The van der Waals surface area contributed by atoms with E-state index in [-0.39, 0.29) is 17.0 Å². The van der Waals surface area contributed by atoms with Gasteiger partial charge in [-0.05, 0) is 41.1 Å². The molecule has 1 aliphatic rings. The van der Waals surface area contributed by atoms with Crippen LogP contribution in [0.3, 0.4) is 0 Å². The van der Waals surface area contributed by atoms with Crippen LogP contribution >= 0.6 is 34.2 Å². The molecule has 0 radical (unpaired) electrons. The first kappa shape index (κ1) is 13.0. The van der Waals surface area contributed by atoms with Crippen molar-refractivity contribution in [3.05, 3.63) is 32.1 Å². The lowest BCUT2D eigenvalue weighted by molar-refractivity contribution is 0.0791. The summed E-state index contributed by atoms with van der Waals surface area (Å²) in [4.78, 5) is 13.8. The SMILES string of the molecule is N[C@H]1CCN(C(=O)c2cc(I)c(F)cc2Cl)C1. The minimum atomic E-state index is -0.412. The van der Waals surface area contributed by atoms with Crippen molar-refractivity contribution < 1.29 is 9.18 Å². The highest BCUT2D eigenvalue weighted by Crippen LogP contribution is 2.24. The number of likely N-dealkylation sites (tertiary alicyclic amines) is 1. The summed E-state index contributed by atoms with van der Waals surface area (Å²) < 4.78 is 13.6. The van der Waals surface area contributed by atoms with Crippen molar-refractivity contribution in [2.75, 3.05) is 13.1 Å².